The first-order valence-corrected chi connectivity index (χ1v) is 12.9. The van der Waals surface area contributed by atoms with Crippen molar-refractivity contribution in [2.75, 3.05) is 5.32 Å². The molecule has 0 unspecified atom stereocenters. The van der Waals surface area contributed by atoms with Crippen LogP contribution in [0.1, 0.15) is 61.8 Å². The Labute approximate surface area is 209 Å². The van der Waals surface area contributed by atoms with Crippen LogP contribution in [0.2, 0.25) is 0 Å². The lowest BCUT2D eigenvalue weighted by atomic mass is 9.77. The maximum atomic E-state index is 13.9. The van der Waals surface area contributed by atoms with Crippen LogP contribution in [0, 0.1) is 19.8 Å². The molecular formula is C26H30BrN3O2S. The van der Waals surface area contributed by atoms with Crippen LogP contribution in [0.15, 0.2) is 40.9 Å². The quantitative estimate of drug-likeness (QED) is 0.480. The number of hydrogen-bond donors (Lipinski definition) is 2. The molecule has 5 rings (SSSR count). The summed E-state index contributed by atoms with van der Waals surface area (Å²) in [5.41, 5.74) is 3.13. The number of carbonyl (C=O) groups excluding carboxylic acids is 1. The van der Waals surface area contributed by atoms with Crippen LogP contribution >= 0.6 is 28.1 Å². The van der Waals surface area contributed by atoms with E-state index in [0.29, 0.717) is 5.11 Å². The van der Waals surface area contributed by atoms with Crippen LogP contribution in [-0.4, -0.2) is 27.7 Å². The van der Waals surface area contributed by atoms with Crippen LogP contribution in [-0.2, 0) is 4.79 Å². The van der Waals surface area contributed by atoms with Crippen molar-refractivity contribution < 1.29 is 9.53 Å². The van der Waals surface area contributed by atoms with Crippen molar-refractivity contribution in [3.8, 4) is 5.75 Å². The number of benzene rings is 2. The average Bonchev–Trinajstić information content (AvgIpc) is 2.76. The minimum atomic E-state index is -0.876. The number of carbonyl (C=O) groups is 1. The number of rotatable bonds is 3. The van der Waals surface area contributed by atoms with Gasteiger partial charge >= 0.3 is 0 Å². The third kappa shape index (κ3) is 3.93. The molecule has 2 aromatic rings. The molecule has 1 amide bonds. The van der Waals surface area contributed by atoms with E-state index in [9.17, 15) is 4.79 Å². The molecule has 174 valence electrons. The highest BCUT2D eigenvalue weighted by Crippen LogP contribution is 2.50. The Hall–Kier alpha value is -2.12. The highest BCUT2D eigenvalue weighted by molar-refractivity contribution is 9.10. The second-order valence-corrected chi connectivity index (χ2v) is 11.0. The second-order valence-electron chi connectivity index (χ2n) is 9.71. The number of anilines is 1. The first kappa shape index (κ1) is 22.7. The van der Waals surface area contributed by atoms with Gasteiger partial charge in [-0.1, -0.05) is 52.9 Å². The van der Waals surface area contributed by atoms with E-state index in [4.69, 9.17) is 17.0 Å². The minimum absolute atomic E-state index is 0.0594. The van der Waals surface area contributed by atoms with Crippen molar-refractivity contribution in [2.45, 2.75) is 70.7 Å². The Morgan fingerprint density at radius 2 is 1.94 bits per heavy atom. The highest BCUT2D eigenvalue weighted by atomic mass is 79.9. The summed E-state index contributed by atoms with van der Waals surface area (Å²) in [4.78, 5) is 16.1. The Bertz CT molecular complexity index is 1120. The van der Waals surface area contributed by atoms with E-state index in [0.717, 1.165) is 39.9 Å². The molecule has 0 spiro atoms. The predicted molar refractivity (Wildman–Crippen MR) is 138 cm³/mol. The lowest BCUT2D eigenvalue weighted by Gasteiger charge is -2.58. The van der Waals surface area contributed by atoms with Crippen LogP contribution in [0.5, 0.6) is 5.75 Å². The van der Waals surface area contributed by atoms with Crippen molar-refractivity contribution in [3.63, 3.8) is 0 Å². The molecule has 33 heavy (non-hydrogen) atoms. The van der Waals surface area contributed by atoms with Gasteiger partial charge in [-0.3, -0.25) is 4.79 Å². The Morgan fingerprint density at radius 3 is 2.67 bits per heavy atom. The fourth-order valence-corrected chi connectivity index (χ4v) is 6.66. The van der Waals surface area contributed by atoms with Crippen molar-refractivity contribution in [2.24, 2.45) is 5.92 Å². The first-order valence-electron chi connectivity index (χ1n) is 11.7. The highest BCUT2D eigenvalue weighted by Gasteiger charge is 2.60. The van der Waals surface area contributed by atoms with Crippen molar-refractivity contribution in [1.29, 1.82) is 0 Å². The molecule has 0 aromatic heterocycles. The smallest absolute Gasteiger partial charge is 0.236 e. The van der Waals surface area contributed by atoms with Crippen molar-refractivity contribution >= 4 is 44.9 Å². The van der Waals surface area contributed by atoms with E-state index in [1.165, 1.54) is 24.8 Å². The number of fused-ring (bicyclic) bond motifs is 4. The molecule has 1 saturated heterocycles. The van der Waals surface area contributed by atoms with E-state index in [-0.39, 0.29) is 18.0 Å². The molecule has 7 heteroatoms. The molecule has 3 aliphatic rings. The molecule has 1 saturated carbocycles. The van der Waals surface area contributed by atoms with Gasteiger partial charge in [-0.25, -0.2) is 0 Å². The summed E-state index contributed by atoms with van der Waals surface area (Å²) >= 11 is 9.47. The summed E-state index contributed by atoms with van der Waals surface area (Å²) in [6, 6.07) is 12.1. The summed E-state index contributed by atoms with van der Waals surface area (Å²) in [5.74, 6) is 0.265. The zero-order valence-electron chi connectivity index (χ0n) is 19.3. The minimum Gasteiger partial charge on any atom is -0.467 e. The fraction of sp³-hybridized carbons (Fsp3) is 0.462. The monoisotopic (exact) mass is 527 g/mol. The van der Waals surface area contributed by atoms with Gasteiger partial charge in [0.25, 0.3) is 0 Å². The number of nitrogens with zero attached hydrogens (tertiary/aromatic N) is 1. The standard InChI is InChI=1S/C26H30BrN3O2S/c1-15-9-11-20(16(2)13-15)28-24(31)22-23-19-14-17(27)10-12-21(19)32-26(22,3)30(25(33)29-23)18-7-5-4-6-8-18/h9-14,18,22-23H,4-8H2,1-3H3,(H,28,31)(H,29,33)/t22-,23-,26-/m0/s1. The SMILES string of the molecule is Cc1ccc(NC(=O)[C@@H]2[C@H]3NC(=S)N(C4CCCCC4)[C@@]2(C)Oc2ccc(Br)cc23)c(C)c1. The number of hydrogen-bond acceptors (Lipinski definition) is 3. The van der Waals surface area contributed by atoms with Gasteiger partial charge in [-0.15, -0.1) is 0 Å². The fourth-order valence-electron chi connectivity index (χ4n) is 5.82. The normalized spacial score (nSPS) is 26.8. The molecule has 5 nitrogen and oxygen atoms in total. The number of ether oxygens (including phenoxy) is 1. The van der Waals surface area contributed by atoms with Crippen molar-refractivity contribution in [1.82, 2.24) is 10.2 Å². The van der Waals surface area contributed by atoms with Crippen molar-refractivity contribution in [3.05, 3.63) is 57.6 Å². The third-order valence-corrected chi connectivity index (χ3v) is 8.18. The van der Waals surface area contributed by atoms with E-state index in [1.54, 1.807) is 0 Å². The Kier molecular flexibility index (Phi) is 5.90. The first-order chi connectivity index (χ1) is 15.8. The van der Waals surface area contributed by atoms with Gasteiger partial charge in [-0.2, -0.15) is 0 Å². The molecule has 2 heterocycles. The number of nitrogens with one attached hydrogen (secondary N) is 2. The van der Waals surface area contributed by atoms with Crippen LogP contribution in [0.25, 0.3) is 0 Å². The van der Waals surface area contributed by atoms with Crippen LogP contribution in [0.4, 0.5) is 5.69 Å². The summed E-state index contributed by atoms with van der Waals surface area (Å²) in [7, 11) is 0. The van der Waals surface area contributed by atoms with E-state index in [2.05, 4.69) is 44.5 Å². The van der Waals surface area contributed by atoms with E-state index < -0.39 is 11.6 Å². The maximum Gasteiger partial charge on any atom is 0.236 e. The topological polar surface area (TPSA) is 53.6 Å². The Balaban J connectivity index is 1.58. The molecule has 2 aliphatic heterocycles. The molecule has 3 atom stereocenters. The number of thiocarbonyl (C=S) groups is 1. The second kappa shape index (κ2) is 8.58. The van der Waals surface area contributed by atoms with Crippen LogP contribution < -0.4 is 15.4 Å². The molecule has 2 bridgehead atoms. The van der Waals surface area contributed by atoms with Gasteiger partial charge in [0, 0.05) is 21.8 Å². The van der Waals surface area contributed by atoms with Gasteiger partial charge in [0.15, 0.2) is 10.8 Å². The summed E-state index contributed by atoms with van der Waals surface area (Å²) in [6.45, 7) is 6.12. The van der Waals surface area contributed by atoms with E-state index >= 15 is 0 Å². The number of aryl methyl sites for hydroxylation is 2. The average molecular weight is 529 g/mol. The molecule has 2 N–H and O–H groups in total. The maximum absolute atomic E-state index is 13.9. The van der Waals surface area contributed by atoms with E-state index in [1.807, 2.05) is 44.2 Å². The third-order valence-electron chi connectivity index (χ3n) is 7.37. The summed E-state index contributed by atoms with van der Waals surface area (Å²) in [5, 5.41) is 7.42. The molecule has 0 radical (unpaired) electrons. The summed E-state index contributed by atoms with van der Waals surface area (Å²) in [6.07, 6.45) is 5.71. The number of halogens is 1. The summed E-state index contributed by atoms with van der Waals surface area (Å²) < 4.78 is 7.67. The number of amides is 1. The lowest BCUT2D eigenvalue weighted by Crippen LogP contribution is -2.73. The van der Waals surface area contributed by atoms with Gasteiger partial charge in [0.05, 0.1) is 6.04 Å². The van der Waals surface area contributed by atoms with Gasteiger partial charge in [0.1, 0.15) is 11.7 Å². The van der Waals surface area contributed by atoms with Gasteiger partial charge < -0.3 is 20.3 Å². The van der Waals surface area contributed by atoms with Crippen LogP contribution in [0.3, 0.4) is 0 Å². The predicted octanol–water partition coefficient (Wildman–Crippen LogP) is 5.99. The molecule has 1 aliphatic carbocycles. The lowest BCUT2D eigenvalue weighted by molar-refractivity contribution is -0.156. The largest absolute Gasteiger partial charge is 0.467 e. The molecular weight excluding hydrogens is 498 g/mol. The van der Waals surface area contributed by atoms with Gasteiger partial charge in [0.2, 0.25) is 5.91 Å². The zero-order valence-corrected chi connectivity index (χ0v) is 21.7. The molecule has 2 fully saturated rings. The molecule has 2 aromatic carbocycles. The zero-order chi connectivity index (χ0) is 23.3. The van der Waals surface area contributed by atoms with Gasteiger partial charge in [-0.05, 0) is 75.7 Å². The Morgan fingerprint density at radius 1 is 1.18 bits per heavy atom.